The lowest BCUT2D eigenvalue weighted by atomic mass is 10.0. The highest BCUT2D eigenvalue weighted by Gasteiger charge is 2.24. The number of nitrogens with one attached hydrogen (secondary N) is 2. The van der Waals surface area contributed by atoms with E-state index in [-0.39, 0.29) is 23.3 Å². The van der Waals surface area contributed by atoms with Crippen molar-refractivity contribution >= 4 is 11.7 Å². The van der Waals surface area contributed by atoms with E-state index in [9.17, 15) is 9.59 Å². The minimum atomic E-state index is -0.280. The number of piperidine rings is 1. The first-order valence-electron chi connectivity index (χ1n) is 7.25. The molecule has 1 aliphatic heterocycles. The van der Waals surface area contributed by atoms with Crippen LogP contribution in [0.2, 0.25) is 0 Å². The van der Waals surface area contributed by atoms with Crippen LogP contribution in [0.3, 0.4) is 0 Å². The van der Waals surface area contributed by atoms with Crippen molar-refractivity contribution in [2.75, 3.05) is 18.0 Å². The zero-order valence-electron chi connectivity index (χ0n) is 12.0. The molecule has 8 nitrogen and oxygen atoms in total. The minimum absolute atomic E-state index is 0.138. The number of H-pyrrole nitrogens is 1. The minimum Gasteiger partial charge on any atom is -0.351 e. The second-order valence-corrected chi connectivity index (χ2v) is 5.21. The first kappa shape index (κ1) is 14.3. The Balaban J connectivity index is 1.66. The topological polar surface area (TPSA) is 104 Å². The van der Waals surface area contributed by atoms with E-state index in [0.29, 0.717) is 6.54 Å². The van der Waals surface area contributed by atoms with Gasteiger partial charge >= 0.3 is 0 Å². The summed E-state index contributed by atoms with van der Waals surface area (Å²) in [7, 11) is 0. The SMILES string of the molecule is O=C(NCC1CCCCN1c1ccc(=O)[nH]n1)c1ccno1. The summed E-state index contributed by atoms with van der Waals surface area (Å²) in [6.07, 6.45) is 4.56. The molecule has 3 rings (SSSR count). The Morgan fingerprint density at radius 3 is 3.05 bits per heavy atom. The van der Waals surface area contributed by atoms with Gasteiger partial charge in [-0.25, -0.2) is 5.10 Å². The third kappa shape index (κ3) is 3.16. The molecule has 0 aromatic carbocycles. The quantitative estimate of drug-likeness (QED) is 0.854. The molecule has 8 heteroatoms. The van der Waals surface area contributed by atoms with Crippen LogP contribution in [0.1, 0.15) is 29.8 Å². The van der Waals surface area contributed by atoms with E-state index in [0.717, 1.165) is 31.6 Å². The van der Waals surface area contributed by atoms with E-state index in [1.165, 1.54) is 18.3 Å². The highest BCUT2D eigenvalue weighted by atomic mass is 16.5. The standard InChI is InChI=1S/C14H17N5O3/c20-13-5-4-12(17-18-13)19-8-2-1-3-10(19)9-15-14(21)11-6-7-16-22-11/h4-7,10H,1-3,8-9H2,(H,15,21)(H,18,20). The number of rotatable bonds is 4. The average Bonchev–Trinajstić information content (AvgIpc) is 3.08. The zero-order chi connectivity index (χ0) is 15.4. The zero-order valence-corrected chi connectivity index (χ0v) is 12.0. The van der Waals surface area contributed by atoms with Crippen molar-refractivity contribution in [3.05, 3.63) is 40.5 Å². The molecule has 0 aliphatic carbocycles. The normalized spacial score (nSPS) is 18.2. The van der Waals surface area contributed by atoms with Gasteiger partial charge < -0.3 is 14.7 Å². The van der Waals surface area contributed by atoms with Gasteiger partial charge in [-0.05, 0) is 25.3 Å². The maximum absolute atomic E-state index is 11.9. The number of nitrogens with zero attached hydrogens (tertiary/aromatic N) is 3. The van der Waals surface area contributed by atoms with Gasteiger partial charge in [-0.1, -0.05) is 5.16 Å². The largest absolute Gasteiger partial charge is 0.351 e. The molecule has 0 bridgehead atoms. The van der Waals surface area contributed by atoms with Gasteiger partial charge in [0.05, 0.1) is 6.20 Å². The third-order valence-corrected chi connectivity index (χ3v) is 3.75. The van der Waals surface area contributed by atoms with Crippen molar-refractivity contribution in [3.63, 3.8) is 0 Å². The number of aromatic nitrogens is 3. The van der Waals surface area contributed by atoms with Crippen LogP contribution in [0.4, 0.5) is 5.82 Å². The predicted octanol–water partition coefficient (Wildman–Crippen LogP) is 0.547. The summed E-state index contributed by atoms with van der Waals surface area (Å²) < 4.78 is 4.83. The molecule has 1 fully saturated rings. The van der Waals surface area contributed by atoms with Crippen LogP contribution < -0.4 is 15.8 Å². The van der Waals surface area contributed by atoms with E-state index in [1.807, 2.05) is 0 Å². The molecule has 2 aromatic heterocycles. The first-order valence-corrected chi connectivity index (χ1v) is 7.25. The summed E-state index contributed by atoms with van der Waals surface area (Å²) >= 11 is 0. The molecule has 0 spiro atoms. The second kappa shape index (κ2) is 6.42. The molecule has 3 heterocycles. The molecule has 1 aliphatic rings. The van der Waals surface area contributed by atoms with Gasteiger partial charge in [-0.15, -0.1) is 0 Å². The van der Waals surface area contributed by atoms with Gasteiger partial charge in [0, 0.05) is 31.3 Å². The number of carbonyl (C=O) groups excluding carboxylic acids is 1. The van der Waals surface area contributed by atoms with Crippen LogP contribution in [0.15, 0.2) is 33.7 Å². The van der Waals surface area contributed by atoms with Crippen molar-refractivity contribution in [3.8, 4) is 0 Å². The van der Waals surface area contributed by atoms with Gasteiger partial charge in [0.1, 0.15) is 5.82 Å². The summed E-state index contributed by atoms with van der Waals surface area (Å²) in [6.45, 7) is 1.34. The van der Waals surface area contributed by atoms with Crippen molar-refractivity contribution in [1.82, 2.24) is 20.7 Å². The molecule has 2 N–H and O–H groups in total. The molecular weight excluding hydrogens is 286 g/mol. The summed E-state index contributed by atoms with van der Waals surface area (Å²) in [4.78, 5) is 25.1. The third-order valence-electron chi connectivity index (χ3n) is 3.75. The number of aromatic amines is 1. The van der Waals surface area contributed by atoms with Crippen molar-refractivity contribution in [2.45, 2.75) is 25.3 Å². The van der Waals surface area contributed by atoms with E-state index in [4.69, 9.17) is 4.52 Å². The van der Waals surface area contributed by atoms with E-state index < -0.39 is 0 Å². The maximum Gasteiger partial charge on any atom is 0.289 e. The van der Waals surface area contributed by atoms with Gasteiger partial charge in [0.25, 0.3) is 11.5 Å². The maximum atomic E-state index is 11.9. The number of hydrogen-bond acceptors (Lipinski definition) is 6. The molecule has 0 saturated carbocycles. The van der Waals surface area contributed by atoms with Gasteiger partial charge in [-0.3, -0.25) is 9.59 Å². The number of carbonyl (C=O) groups is 1. The number of amides is 1. The van der Waals surface area contributed by atoms with E-state index in [2.05, 4.69) is 25.6 Å². The Morgan fingerprint density at radius 1 is 1.41 bits per heavy atom. The highest BCUT2D eigenvalue weighted by molar-refractivity contribution is 5.91. The van der Waals surface area contributed by atoms with Gasteiger partial charge in [0.15, 0.2) is 0 Å². The Labute approximate surface area is 126 Å². The molecule has 2 aromatic rings. The Kier molecular flexibility index (Phi) is 4.17. The van der Waals surface area contributed by atoms with Crippen LogP contribution in [0, 0.1) is 0 Å². The molecule has 116 valence electrons. The lowest BCUT2D eigenvalue weighted by molar-refractivity contribution is 0.0912. The summed E-state index contributed by atoms with van der Waals surface area (Å²) in [5.74, 6) is 0.639. The monoisotopic (exact) mass is 303 g/mol. The average molecular weight is 303 g/mol. The fourth-order valence-corrected chi connectivity index (χ4v) is 2.64. The Hall–Kier alpha value is -2.64. The Bertz CT molecular complexity index is 662. The summed E-state index contributed by atoms with van der Waals surface area (Å²) in [5.41, 5.74) is -0.226. The van der Waals surface area contributed by atoms with Crippen LogP contribution in [0.5, 0.6) is 0 Å². The van der Waals surface area contributed by atoms with Crippen LogP contribution in [-0.2, 0) is 0 Å². The van der Waals surface area contributed by atoms with Gasteiger partial charge in [0.2, 0.25) is 5.76 Å². The lowest BCUT2D eigenvalue weighted by Gasteiger charge is -2.36. The fraction of sp³-hybridized carbons (Fsp3) is 0.429. The van der Waals surface area contributed by atoms with Crippen molar-refractivity contribution in [1.29, 1.82) is 0 Å². The molecule has 1 unspecified atom stereocenters. The second-order valence-electron chi connectivity index (χ2n) is 5.21. The van der Waals surface area contributed by atoms with Gasteiger partial charge in [-0.2, -0.15) is 5.10 Å². The molecular formula is C14H17N5O3. The number of hydrogen-bond donors (Lipinski definition) is 2. The number of anilines is 1. The summed E-state index contributed by atoms with van der Waals surface area (Å²) in [5, 5.41) is 12.9. The van der Waals surface area contributed by atoms with Crippen LogP contribution >= 0.6 is 0 Å². The van der Waals surface area contributed by atoms with E-state index >= 15 is 0 Å². The van der Waals surface area contributed by atoms with Crippen LogP contribution in [0.25, 0.3) is 0 Å². The summed E-state index contributed by atoms with van der Waals surface area (Å²) in [6, 6.07) is 4.83. The Morgan fingerprint density at radius 2 is 2.32 bits per heavy atom. The van der Waals surface area contributed by atoms with E-state index in [1.54, 1.807) is 6.07 Å². The lowest BCUT2D eigenvalue weighted by Crippen LogP contribution is -2.47. The first-order chi connectivity index (χ1) is 10.7. The highest BCUT2D eigenvalue weighted by Crippen LogP contribution is 2.21. The van der Waals surface area contributed by atoms with Crippen molar-refractivity contribution in [2.24, 2.45) is 0 Å². The molecule has 1 atom stereocenters. The molecule has 0 radical (unpaired) electrons. The predicted molar refractivity (Wildman–Crippen MR) is 78.7 cm³/mol. The fourth-order valence-electron chi connectivity index (χ4n) is 2.64. The molecule has 22 heavy (non-hydrogen) atoms. The smallest absolute Gasteiger partial charge is 0.289 e. The molecule has 1 amide bonds. The van der Waals surface area contributed by atoms with Crippen LogP contribution in [-0.4, -0.2) is 40.4 Å². The molecule has 1 saturated heterocycles. The van der Waals surface area contributed by atoms with Crippen molar-refractivity contribution < 1.29 is 9.32 Å².